The van der Waals surface area contributed by atoms with Gasteiger partial charge in [-0.3, -0.25) is 4.98 Å². The van der Waals surface area contributed by atoms with Gasteiger partial charge in [0.15, 0.2) is 0 Å². The van der Waals surface area contributed by atoms with E-state index in [1.54, 1.807) is 16.8 Å². The van der Waals surface area contributed by atoms with Crippen LogP contribution in [-0.2, 0) is 6.54 Å². The second kappa shape index (κ2) is 9.64. The summed E-state index contributed by atoms with van der Waals surface area (Å²) < 4.78 is 31.9. The molecule has 0 spiro atoms. The topological polar surface area (TPSA) is 97.8 Å². The fraction of sp³-hybridized carbons (Fsp3) is 0.348. The number of pyridine rings is 1. The molecule has 4 aromatic rings. The van der Waals surface area contributed by atoms with Crippen molar-refractivity contribution in [2.24, 2.45) is 0 Å². The molecule has 0 aliphatic carbocycles. The first kappa shape index (κ1) is 22.1. The van der Waals surface area contributed by atoms with Gasteiger partial charge in [-0.25, -0.2) is 4.68 Å². The van der Waals surface area contributed by atoms with Crippen LogP contribution in [0.15, 0.2) is 53.2 Å². The predicted molar refractivity (Wildman–Crippen MR) is 121 cm³/mol. The molecule has 1 aromatic carbocycles. The number of likely N-dealkylation sites (tertiary alicyclic amines) is 1. The van der Waals surface area contributed by atoms with E-state index in [9.17, 15) is 8.78 Å². The Hall–Kier alpha value is -3.73. The molecule has 4 heterocycles. The SMILES string of the molecule is CN1CCC(Nc2cccc(-c3cn(Cc4ccc(-c5nnc(C(F)F)o5)cn4)nn3)c2)CC1. The van der Waals surface area contributed by atoms with E-state index in [-0.39, 0.29) is 5.89 Å². The van der Waals surface area contributed by atoms with E-state index in [0.29, 0.717) is 18.2 Å². The molecule has 9 nitrogen and oxygen atoms in total. The maximum Gasteiger partial charge on any atom is 0.314 e. The normalized spacial score (nSPS) is 15.2. The lowest BCUT2D eigenvalue weighted by molar-refractivity contribution is 0.116. The number of alkyl halides is 2. The van der Waals surface area contributed by atoms with Gasteiger partial charge in [0.1, 0.15) is 5.69 Å². The third-order valence-corrected chi connectivity index (χ3v) is 5.81. The van der Waals surface area contributed by atoms with Crippen LogP contribution in [0.5, 0.6) is 0 Å². The maximum atomic E-state index is 12.6. The molecule has 0 saturated carbocycles. The minimum absolute atomic E-state index is 0.00568. The minimum atomic E-state index is -2.80. The molecule has 0 atom stereocenters. The summed E-state index contributed by atoms with van der Waals surface area (Å²) in [5.41, 5.74) is 4.03. The van der Waals surface area contributed by atoms with Crippen molar-refractivity contribution in [3.63, 3.8) is 0 Å². The molecule has 34 heavy (non-hydrogen) atoms. The molecule has 1 aliphatic rings. The number of hydrogen-bond acceptors (Lipinski definition) is 8. The fourth-order valence-electron chi connectivity index (χ4n) is 3.91. The number of nitrogens with zero attached hydrogens (tertiary/aromatic N) is 7. The van der Waals surface area contributed by atoms with Gasteiger partial charge in [0.25, 0.3) is 5.89 Å². The second-order valence-corrected chi connectivity index (χ2v) is 8.39. The molecule has 176 valence electrons. The zero-order valence-electron chi connectivity index (χ0n) is 18.6. The van der Waals surface area contributed by atoms with Crippen LogP contribution in [0.25, 0.3) is 22.7 Å². The average molecular weight is 466 g/mol. The molecule has 0 bridgehead atoms. The van der Waals surface area contributed by atoms with Gasteiger partial charge in [-0.2, -0.15) is 8.78 Å². The van der Waals surface area contributed by atoms with E-state index in [2.05, 4.69) is 54.9 Å². The second-order valence-electron chi connectivity index (χ2n) is 8.39. The summed E-state index contributed by atoms with van der Waals surface area (Å²) in [5, 5.41) is 19.1. The number of rotatable bonds is 7. The van der Waals surface area contributed by atoms with E-state index < -0.39 is 12.3 Å². The van der Waals surface area contributed by atoms with Crippen molar-refractivity contribution in [3.8, 4) is 22.7 Å². The molecule has 11 heteroatoms. The zero-order valence-corrected chi connectivity index (χ0v) is 18.6. The summed E-state index contributed by atoms with van der Waals surface area (Å²) >= 11 is 0. The van der Waals surface area contributed by atoms with Crippen LogP contribution < -0.4 is 5.32 Å². The summed E-state index contributed by atoms with van der Waals surface area (Å²) in [6, 6.07) is 12.1. The van der Waals surface area contributed by atoms with Crippen molar-refractivity contribution in [1.82, 2.24) is 35.1 Å². The zero-order chi connectivity index (χ0) is 23.5. The van der Waals surface area contributed by atoms with Crippen molar-refractivity contribution >= 4 is 5.69 Å². The largest absolute Gasteiger partial charge is 0.415 e. The Morgan fingerprint density at radius 1 is 1.09 bits per heavy atom. The van der Waals surface area contributed by atoms with Crippen LogP contribution in [-0.4, -0.2) is 61.3 Å². The first-order valence-corrected chi connectivity index (χ1v) is 11.1. The van der Waals surface area contributed by atoms with Crippen LogP contribution in [0.4, 0.5) is 14.5 Å². The van der Waals surface area contributed by atoms with Crippen LogP contribution in [0.3, 0.4) is 0 Å². The lowest BCUT2D eigenvalue weighted by Gasteiger charge is -2.30. The highest BCUT2D eigenvalue weighted by Crippen LogP contribution is 2.24. The summed E-state index contributed by atoms with van der Waals surface area (Å²) in [5.74, 6) is -0.703. The fourth-order valence-corrected chi connectivity index (χ4v) is 3.91. The molecule has 1 N–H and O–H groups in total. The van der Waals surface area contributed by atoms with Gasteiger partial charge in [-0.1, -0.05) is 17.3 Å². The third kappa shape index (κ3) is 5.09. The van der Waals surface area contributed by atoms with Crippen molar-refractivity contribution < 1.29 is 13.2 Å². The molecule has 0 radical (unpaired) electrons. The van der Waals surface area contributed by atoms with Gasteiger partial charge in [-0.15, -0.1) is 15.3 Å². The maximum absolute atomic E-state index is 12.6. The number of nitrogens with one attached hydrogen (secondary N) is 1. The lowest BCUT2D eigenvalue weighted by Crippen LogP contribution is -2.36. The molecule has 1 fully saturated rings. The highest BCUT2D eigenvalue weighted by molar-refractivity contribution is 5.64. The summed E-state index contributed by atoms with van der Waals surface area (Å²) in [6.45, 7) is 2.62. The lowest BCUT2D eigenvalue weighted by atomic mass is 10.0. The summed E-state index contributed by atoms with van der Waals surface area (Å²) in [4.78, 5) is 6.70. The monoisotopic (exact) mass is 466 g/mol. The molecule has 1 saturated heterocycles. The summed E-state index contributed by atoms with van der Waals surface area (Å²) in [6.07, 6.45) is 2.83. The number of benzene rings is 1. The predicted octanol–water partition coefficient (Wildman–Crippen LogP) is 3.88. The van der Waals surface area contributed by atoms with E-state index in [0.717, 1.165) is 48.6 Å². The third-order valence-electron chi connectivity index (χ3n) is 5.81. The molecule has 1 aliphatic heterocycles. The van der Waals surface area contributed by atoms with E-state index in [1.807, 2.05) is 18.3 Å². The Kier molecular flexibility index (Phi) is 6.26. The molecule has 5 rings (SSSR count). The van der Waals surface area contributed by atoms with Gasteiger partial charge >= 0.3 is 6.43 Å². The highest BCUT2D eigenvalue weighted by atomic mass is 19.3. The van der Waals surface area contributed by atoms with Crippen molar-refractivity contribution in [2.75, 3.05) is 25.5 Å². The Balaban J connectivity index is 1.23. The van der Waals surface area contributed by atoms with Crippen molar-refractivity contribution in [2.45, 2.75) is 31.9 Å². The standard InChI is InChI=1S/C23H24F2N8O/c1-32-9-7-17(8-10-32)27-18-4-2-3-15(11-18)20-14-33(31-28-20)13-19-6-5-16(12-26-19)22-29-30-23(34-22)21(24)25/h2-6,11-12,14,17,21,27H,7-10,13H2,1H3. The minimum Gasteiger partial charge on any atom is -0.415 e. The van der Waals surface area contributed by atoms with Crippen molar-refractivity contribution in [3.05, 3.63) is 60.4 Å². The van der Waals surface area contributed by atoms with E-state index in [1.165, 1.54) is 6.20 Å². The molecule has 0 amide bonds. The molecular formula is C23H24F2N8O. The first-order chi connectivity index (χ1) is 16.5. The smallest absolute Gasteiger partial charge is 0.314 e. The number of anilines is 1. The van der Waals surface area contributed by atoms with Gasteiger partial charge < -0.3 is 14.6 Å². The van der Waals surface area contributed by atoms with Crippen molar-refractivity contribution in [1.29, 1.82) is 0 Å². The van der Waals surface area contributed by atoms with Crippen LogP contribution >= 0.6 is 0 Å². The Morgan fingerprint density at radius 3 is 2.68 bits per heavy atom. The number of hydrogen-bond donors (Lipinski definition) is 1. The molecule has 3 aromatic heterocycles. The Bertz CT molecular complexity index is 1230. The van der Waals surface area contributed by atoms with Crippen LogP contribution in [0, 0.1) is 0 Å². The van der Waals surface area contributed by atoms with Gasteiger partial charge in [0.2, 0.25) is 5.89 Å². The number of aromatic nitrogens is 6. The highest BCUT2D eigenvalue weighted by Gasteiger charge is 2.18. The summed E-state index contributed by atoms with van der Waals surface area (Å²) in [7, 11) is 2.16. The van der Waals surface area contributed by atoms with Gasteiger partial charge in [0.05, 0.1) is 24.0 Å². The van der Waals surface area contributed by atoms with E-state index in [4.69, 9.17) is 4.42 Å². The number of piperidine rings is 1. The van der Waals surface area contributed by atoms with Gasteiger partial charge in [0, 0.05) is 23.5 Å². The average Bonchev–Trinajstić information content (AvgIpc) is 3.52. The first-order valence-electron chi connectivity index (χ1n) is 11.1. The van der Waals surface area contributed by atoms with Crippen LogP contribution in [0.2, 0.25) is 0 Å². The van der Waals surface area contributed by atoms with Crippen LogP contribution in [0.1, 0.15) is 30.9 Å². The number of halogens is 2. The van der Waals surface area contributed by atoms with Gasteiger partial charge in [-0.05, 0) is 57.2 Å². The Morgan fingerprint density at radius 2 is 1.94 bits per heavy atom. The molecular weight excluding hydrogens is 442 g/mol. The Labute approximate surface area is 194 Å². The van der Waals surface area contributed by atoms with E-state index >= 15 is 0 Å². The molecule has 0 unspecified atom stereocenters. The quantitative estimate of drug-likeness (QED) is 0.438.